The molecule has 1 saturated carbocycles. The molecule has 0 bridgehead atoms. The van der Waals surface area contributed by atoms with Crippen LogP contribution in [0.25, 0.3) is 0 Å². The maximum atomic E-state index is 12.4. The van der Waals surface area contributed by atoms with Gasteiger partial charge in [-0.3, -0.25) is 0 Å². The minimum absolute atomic E-state index is 0.0558. The minimum atomic E-state index is -0.891. The van der Waals surface area contributed by atoms with Gasteiger partial charge in [0.1, 0.15) is 6.04 Å². The van der Waals surface area contributed by atoms with Crippen LogP contribution in [0.1, 0.15) is 44.9 Å². The molecule has 21 heavy (non-hydrogen) atoms. The predicted molar refractivity (Wildman–Crippen MR) is 80.3 cm³/mol. The molecule has 1 heterocycles. The van der Waals surface area contributed by atoms with Crippen LogP contribution in [-0.4, -0.2) is 65.7 Å². The van der Waals surface area contributed by atoms with E-state index < -0.39 is 12.0 Å². The van der Waals surface area contributed by atoms with Crippen molar-refractivity contribution in [3.8, 4) is 0 Å². The Balaban J connectivity index is 1.95. The fraction of sp³-hybridized carbons (Fsp3) is 0.867. The van der Waals surface area contributed by atoms with Crippen molar-refractivity contribution in [2.75, 3.05) is 27.2 Å². The van der Waals surface area contributed by atoms with Crippen molar-refractivity contribution < 1.29 is 14.7 Å². The Morgan fingerprint density at radius 3 is 2.48 bits per heavy atom. The Labute approximate surface area is 126 Å². The molecule has 0 aromatic carbocycles. The SMILES string of the molecule is CN(C)C1(CNC(=O)N2CCCCCC2C(=O)O)CCC1. The van der Waals surface area contributed by atoms with E-state index in [-0.39, 0.29) is 11.6 Å². The molecular formula is C15H27N3O3. The van der Waals surface area contributed by atoms with Crippen LogP contribution in [-0.2, 0) is 4.79 Å². The number of carbonyl (C=O) groups is 2. The maximum Gasteiger partial charge on any atom is 0.326 e. The van der Waals surface area contributed by atoms with E-state index in [4.69, 9.17) is 0 Å². The second kappa shape index (κ2) is 6.64. The molecule has 1 atom stereocenters. The van der Waals surface area contributed by atoms with Crippen LogP contribution >= 0.6 is 0 Å². The maximum absolute atomic E-state index is 12.4. The zero-order chi connectivity index (χ0) is 15.5. The standard InChI is InChI=1S/C15H27N3O3/c1-17(2)15(8-6-9-15)11-16-14(21)18-10-5-3-4-7-12(18)13(19)20/h12H,3-11H2,1-2H3,(H,16,21)(H,19,20). The van der Waals surface area contributed by atoms with Crippen LogP contribution in [0.5, 0.6) is 0 Å². The summed E-state index contributed by atoms with van der Waals surface area (Å²) in [5.74, 6) is -0.891. The van der Waals surface area contributed by atoms with Gasteiger partial charge < -0.3 is 20.2 Å². The number of rotatable bonds is 4. The minimum Gasteiger partial charge on any atom is -0.480 e. The van der Waals surface area contributed by atoms with Gasteiger partial charge in [-0.25, -0.2) is 9.59 Å². The van der Waals surface area contributed by atoms with Crippen LogP contribution in [0.15, 0.2) is 0 Å². The van der Waals surface area contributed by atoms with Crippen LogP contribution < -0.4 is 5.32 Å². The van der Waals surface area contributed by atoms with Crippen LogP contribution in [0, 0.1) is 0 Å². The summed E-state index contributed by atoms with van der Waals surface area (Å²) in [5.41, 5.74) is 0.0558. The number of carboxylic acid groups (broad SMARTS) is 1. The molecule has 2 rings (SSSR count). The molecule has 2 aliphatic rings. The highest BCUT2D eigenvalue weighted by Gasteiger charge is 2.40. The molecule has 0 aromatic rings. The number of nitrogens with zero attached hydrogens (tertiary/aromatic N) is 2. The number of aliphatic carboxylic acids is 1. The zero-order valence-electron chi connectivity index (χ0n) is 13.1. The summed E-state index contributed by atoms with van der Waals surface area (Å²) in [6.07, 6.45) is 6.68. The van der Waals surface area contributed by atoms with Crippen molar-refractivity contribution in [3.05, 3.63) is 0 Å². The largest absolute Gasteiger partial charge is 0.480 e. The van der Waals surface area contributed by atoms with Gasteiger partial charge in [-0.05, 0) is 46.2 Å². The number of likely N-dealkylation sites (N-methyl/N-ethyl adjacent to an activating group) is 1. The number of carbonyl (C=O) groups excluding carboxylic acids is 1. The van der Waals surface area contributed by atoms with Crippen molar-refractivity contribution in [3.63, 3.8) is 0 Å². The second-order valence-electron chi connectivity index (χ2n) is 6.53. The monoisotopic (exact) mass is 297 g/mol. The lowest BCUT2D eigenvalue weighted by molar-refractivity contribution is -0.142. The third-order valence-electron chi connectivity index (χ3n) is 5.10. The molecule has 1 unspecified atom stereocenters. The highest BCUT2D eigenvalue weighted by Crippen LogP contribution is 2.35. The fourth-order valence-corrected chi connectivity index (χ4v) is 3.32. The molecule has 1 aliphatic carbocycles. The van der Waals surface area contributed by atoms with Crippen LogP contribution in [0.4, 0.5) is 4.79 Å². The molecule has 6 heteroatoms. The first-order valence-electron chi connectivity index (χ1n) is 7.91. The van der Waals surface area contributed by atoms with E-state index >= 15 is 0 Å². The third kappa shape index (κ3) is 3.48. The molecule has 2 N–H and O–H groups in total. The van der Waals surface area contributed by atoms with Crippen molar-refractivity contribution >= 4 is 12.0 Å². The van der Waals surface area contributed by atoms with Crippen molar-refractivity contribution in [1.29, 1.82) is 0 Å². The Kier molecular flexibility index (Phi) is 5.08. The third-order valence-corrected chi connectivity index (χ3v) is 5.10. The van der Waals surface area contributed by atoms with Gasteiger partial charge in [-0.2, -0.15) is 0 Å². The molecule has 2 amide bonds. The molecular weight excluding hydrogens is 270 g/mol. The normalized spacial score (nSPS) is 25.1. The molecule has 0 aromatic heterocycles. The average Bonchev–Trinajstić information content (AvgIpc) is 2.62. The Bertz CT molecular complexity index is 394. The summed E-state index contributed by atoms with van der Waals surface area (Å²) in [4.78, 5) is 27.5. The lowest BCUT2D eigenvalue weighted by Crippen LogP contribution is -2.59. The highest BCUT2D eigenvalue weighted by atomic mass is 16.4. The lowest BCUT2D eigenvalue weighted by atomic mass is 9.75. The van der Waals surface area contributed by atoms with E-state index in [1.165, 1.54) is 11.3 Å². The average molecular weight is 297 g/mol. The lowest BCUT2D eigenvalue weighted by Gasteiger charge is -2.47. The number of urea groups is 1. The van der Waals surface area contributed by atoms with Gasteiger partial charge in [-0.1, -0.05) is 12.8 Å². The molecule has 0 spiro atoms. The van der Waals surface area contributed by atoms with Crippen molar-refractivity contribution in [1.82, 2.24) is 15.1 Å². The van der Waals surface area contributed by atoms with Crippen LogP contribution in [0.2, 0.25) is 0 Å². The quantitative estimate of drug-likeness (QED) is 0.825. The van der Waals surface area contributed by atoms with Gasteiger partial charge in [0.05, 0.1) is 0 Å². The van der Waals surface area contributed by atoms with Crippen molar-refractivity contribution in [2.24, 2.45) is 0 Å². The van der Waals surface area contributed by atoms with E-state index in [0.717, 1.165) is 32.1 Å². The molecule has 1 aliphatic heterocycles. The number of hydrogen-bond donors (Lipinski definition) is 2. The van der Waals surface area contributed by atoms with Gasteiger partial charge in [0.2, 0.25) is 0 Å². The van der Waals surface area contributed by atoms with Gasteiger partial charge in [0.15, 0.2) is 0 Å². The molecule has 0 radical (unpaired) electrons. The Hall–Kier alpha value is -1.30. The molecule has 1 saturated heterocycles. The van der Waals surface area contributed by atoms with Gasteiger partial charge in [0, 0.05) is 18.6 Å². The fourth-order valence-electron chi connectivity index (χ4n) is 3.32. The summed E-state index contributed by atoms with van der Waals surface area (Å²) < 4.78 is 0. The predicted octanol–water partition coefficient (Wildman–Crippen LogP) is 1.51. The smallest absolute Gasteiger partial charge is 0.326 e. The zero-order valence-corrected chi connectivity index (χ0v) is 13.1. The van der Waals surface area contributed by atoms with Gasteiger partial charge in [-0.15, -0.1) is 0 Å². The summed E-state index contributed by atoms with van der Waals surface area (Å²) in [6.45, 7) is 1.14. The number of amides is 2. The Morgan fingerprint density at radius 1 is 1.24 bits per heavy atom. The van der Waals surface area contributed by atoms with Gasteiger partial charge in [0.25, 0.3) is 0 Å². The summed E-state index contributed by atoms with van der Waals surface area (Å²) in [5, 5.41) is 12.3. The molecule has 120 valence electrons. The topological polar surface area (TPSA) is 72.9 Å². The van der Waals surface area contributed by atoms with E-state index in [1.54, 1.807) is 0 Å². The molecule has 2 fully saturated rings. The first-order valence-corrected chi connectivity index (χ1v) is 7.91. The highest BCUT2D eigenvalue weighted by molar-refractivity contribution is 5.82. The van der Waals surface area contributed by atoms with Crippen LogP contribution in [0.3, 0.4) is 0 Å². The van der Waals surface area contributed by atoms with E-state index in [1.807, 2.05) is 14.1 Å². The van der Waals surface area contributed by atoms with Gasteiger partial charge >= 0.3 is 12.0 Å². The summed E-state index contributed by atoms with van der Waals surface area (Å²) in [7, 11) is 4.08. The number of nitrogens with one attached hydrogen (secondary N) is 1. The van der Waals surface area contributed by atoms with E-state index in [2.05, 4.69) is 10.2 Å². The summed E-state index contributed by atoms with van der Waals surface area (Å²) in [6, 6.07) is -0.901. The summed E-state index contributed by atoms with van der Waals surface area (Å²) >= 11 is 0. The number of hydrogen-bond acceptors (Lipinski definition) is 3. The first-order chi connectivity index (χ1) is 9.96. The molecule has 6 nitrogen and oxygen atoms in total. The first kappa shape index (κ1) is 16.1. The number of likely N-dealkylation sites (tertiary alicyclic amines) is 1. The van der Waals surface area contributed by atoms with Crippen molar-refractivity contribution in [2.45, 2.75) is 56.5 Å². The number of carboxylic acids is 1. The van der Waals surface area contributed by atoms with E-state index in [9.17, 15) is 14.7 Å². The second-order valence-corrected chi connectivity index (χ2v) is 6.53. The van der Waals surface area contributed by atoms with E-state index in [0.29, 0.717) is 19.5 Å². The Morgan fingerprint density at radius 2 is 1.95 bits per heavy atom.